The number of methoxy groups -OCH3 is 1. The first kappa shape index (κ1) is 14.6. The van der Waals surface area contributed by atoms with Crippen LogP contribution in [0.3, 0.4) is 0 Å². The Hall–Kier alpha value is -1.77. The lowest BCUT2D eigenvalue weighted by molar-refractivity contribution is -0.140. The summed E-state index contributed by atoms with van der Waals surface area (Å²) in [6, 6.07) is 5.15. The van der Waals surface area contributed by atoms with Gasteiger partial charge in [-0.2, -0.15) is 0 Å². The third-order valence-electron chi connectivity index (χ3n) is 2.78. The summed E-state index contributed by atoms with van der Waals surface area (Å²) in [5.41, 5.74) is -0.542. The van der Waals surface area contributed by atoms with E-state index in [0.717, 1.165) is 14.3 Å². The smallest absolute Gasteiger partial charge is 0.307 e. The Bertz CT molecular complexity index is 785. The predicted octanol–water partition coefficient (Wildman–Crippen LogP) is 0.924. The van der Waals surface area contributed by atoms with Crippen molar-refractivity contribution in [2.45, 2.75) is 13.0 Å². The Kier molecular flexibility index (Phi) is 4.48. The second-order valence-electron chi connectivity index (χ2n) is 4.04. The fourth-order valence-corrected chi connectivity index (χ4v) is 2.24. The number of benzene rings is 1. The van der Waals surface area contributed by atoms with Gasteiger partial charge in [-0.25, -0.2) is 0 Å². The van der Waals surface area contributed by atoms with Crippen molar-refractivity contribution in [1.82, 2.24) is 9.55 Å². The van der Waals surface area contributed by atoms with Crippen molar-refractivity contribution < 1.29 is 9.53 Å². The molecule has 0 radical (unpaired) electrons. The zero-order valence-electron chi connectivity index (χ0n) is 10.6. The minimum atomic E-state index is -0.537. The van der Waals surface area contributed by atoms with Crippen LogP contribution >= 0.6 is 22.6 Å². The molecule has 0 unspecified atom stereocenters. The molecule has 0 aliphatic carbocycles. The van der Waals surface area contributed by atoms with E-state index in [0.29, 0.717) is 10.9 Å². The number of hydrogen-bond acceptors (Lipinski definition) is 5. The van der Waals surface area contributed by atoms with E-state index >= 15 is 0 Å². The maximum absolute atomic E-state index is 12.4. The van der Waals surface area contributed by atoms with Crippen molar-refractivity contribution in [3.05, 3.63) is 48.7 Å². The van der Waals surface area contributed by atoms with E-state index in [4.69, 9.17) is 0 Å². The molecule has 0 aliphatic rings. The van der Waals surface area contributed by atoms with Crippen LogP contribution in [-0.4, -0.2) is 22.6 Å². The molecule has 0 atom stereocenters. The van der Waals surface area contributed by atoms with Gasteiger partial charge in [-0.3, -0.25) is 23.9 Å². The molecule has 2 rings (SSSR count). The summed E-state index contributed by atoms with van der Waals surface area (Å²) < 4.78 is 6.38. The molecule has 0 aliphatic heterocycles. The molecule has 20 heavy (non-hydrogen) atoms. The minimum absolute atomic E-state index is 0.0265. The zero-order valence-corrected chi connectivity index (χ0v) is 12.8. The van der Waals surface area contributed by atoms with E-state index < -0.39 is 17.1 Å². The van der Waals surface area contributed by atoms with Gasteiger partial charge in [-0.05, 0) is 40.8 Å². The number of nitrogens with zero attached hydrogens (tertiary/aromatic N) is 2. The Morgan fingerprint density at radius 1 is 1.40 bits per heavy atom. The third-order valence-corrected chi connectivity index (χ3v) is 3.45. The van der Waals surface area contributed by atoms with Gasteiger partial charge in [0.1, 0.15) is 0 Å². The van der Waals surface area contributed by atoms with Crippen LogP contribution in [0.1, 0.15) is 6.42 Å². The standard InChI is InChI=1S/C13H11IN2O4/c1-20-12(18)4-5-16-11(17)7-15-10-3-2-8(14)6-9(10)13(16)19/h2-3,6-7H,4-5H2,1H3. The average Bonchev–Trinajstić information content (AvgIpc) is 2.55. The van der Waals surface area contributed by atoms with Gasteiger partial charge in [0.15, 0.2) is 0 Å². The third kappa shape index (κ3) is 3.03. The van der Waals surface area contributed by atoms with Gasteiger partial charge in [-0.1, -0.05) is 0 Å². The lowest BCUT2D eigenvalue weighted by Gasteiger charge is -2.01. The fourth-order valence-electron chi connectivity index (χ4n) is 1.75. The van der Waals surface area contributed by atoms with Gasteiger partial charge in [0, 0.05) is 10.1 Å². The summed E-state index contributed by atoms with van der Waals surface area (Å²) >= 11 is 2.08. The molecule has 1 aromatic heterocycles. The van der Waals surface area contributed by atoms with Crippen LogP contribution in [0.2, 0.25) is 0 Å². The zero-order chi connectivity index (χ0) is 14.7. The van der Waals surface area contributed by atoms with E-state index in [1.807, 2.05) is 0 Å². The van der Waals surface area contributed by atoms with Crippen LogP contribution in [0.25, 0.3) is 10.9 Å². The number of esters is 1. The molecule has 1 heterocycles. The maximum Gasteiger partial charge on any atom is 0.307 e. The second-order valence-corrected chi connectivity index (χ2v) is 5.29. The number of fused-ring (bicyclic) bond motifs is 1. The summed E-state index contributed by atoms with van der Waals surface area (Å²) in [5.74, 6) is -0.477. The van der Waals surface area contributed by atoms with E-state index in [1.165, 1.54) is 7.11 Å². The topological polar surface area (TPSA) is 78.3 Å². The molecule has 0 amide bonds. The molecule has 0 saturated carbocycles. The normalized spacial score (nSPS) is 10.5. The summed E-state index contributed by atoms with van der Waals surface area (Å²) in [7, 11) is 1.26. The van der Waals surface area contributed by atoms with Crippen LogP contribution < -0.4 is 11.1 Å². The molecule has 0 N–H and O–H groups in total. The first-order valence-electron chi connectivity index (χ1n) is 5.79. The van der Waals surface area contributed by atoms with Gasteiger partial charge >= 0.3 is 5.97 Å². The molecule has 0 fully saturated rings. The lowest BCUT2D eigenvalue weighted by atomic mass is 10.2. The molecule has 104 valence electrons. The monoisotopic (exact) mass is 386 g/mol. The number of halogens is 1. The lowest BCUT2D eigenvalue weighted by Crippen LogP contribution is -2.30. The van der Waals surface area contributed by atoms with Crippen molar-refractivity contribution >= 4 is 39.5 Å². The van der Waals surface area contributed by atoms with Crippen LogP contribution in [-0.2, 0) is 16.1 Å². The Labute approximate surface area is 127 Å². The highest BCUT2D eigenvalue weighted by Crippen LogP contribution is 2.10. The quantitative estimate of drug-likeness (QED) is 0.579. The Balaban J connectivity index is 2.63. The number of aromatic nitrogens is 2. The number of carbonyl (C=O) groups is 1. The first-order chi connectivity index (χ1) is 9.52. The predicted molar refractivity (Wildman–Crippen MR) is 81.6 cm³/mol. The average molecular weight is 386 g/mol. The van der Waals surface area contributed by atoms with Crippen LogP contribution in [0.15, 0.2) is 34.0 Å². The molecule has 7 heteroatoms. The largest absolute Gasteiger partial charge is 0.469 e. The van der Waals surface area contributed by atoms with Crippen LogP contribution in [0.5, 0.6) is 0 Å². The number of rotatable bonds is 3. The molecule has 6 nitrogen and oxygen atoms in total. The highest BCUT2D eigenvalue weighted by Gasteiger charge is 2.08. The second kappa shape index (κ2) is 6.12. The molecule has 1 aromatic carbocycles. The van der Waals surface area contributed by atoms with Crippen molar-refractivity contribution in [1.29, 1.82) is 0 Å². The highest BCUT2D eigenvalue weighted by atomic mass is 127. The van der Waals surface area contributed by atoms with Gasteiger partial charge in [0.2, 0.25) is 0 Å². The van der Waals surface area contributed by atoms with Gasteiger partial charge in [0.05, 0.1) is 30.6 Å². The number of ether oxygens (including phenoxy) is 1. The molecule has 2 aromatic rings. The van der Waals surface area contributed by atoms with Crippen molar-refractivity contribution in [2.24, 2.45) is 0 Å². The minimum Gasteiger partial charge on any atom is -0.469 e. The molecule has 0 bridgehead atoms. The van der Waals surface area contributed by atoms with E-state index in [2.05, 4.69) is 32.3 Å². The first-order valence-corrected chi connectivity index (χ1v) is 6.87. The van der Waals surface area contributed by atoms with Crippen molar-refractivity contribution in [3.8, 4) is 0 Å². The Morgan fingerprint density at radius 3 is 2.85 bits per heavy atom. The SMILES string of the molecule is COC(=O)CCn1c(=O)cnc2ccc(I)cc2c1=O. The highest BCUT2D eigenvalue weighted by molar-refractivity contribution is 14.1. The van der Waals surface area contributed by atoms with E-state index in [1.54, 1.807) is 18.2 Å². The van der Waals surface area contributed by atoms with Gasteiger partial charge in [-0.15, -0.1) is 0 Å². The Morgan fingerprint density at radius 2 is 2.15 bits per heavy atom. The molecular formula is C13H11IN2O4. The van der Waals surface area contributed by atoms with Gasteiger partial charge < -0.3 is 4.74 Å². The molecule has 0 spiro atoms. The van der Waals surface area contributed by atoms with Crippen LogP contribution in [0, 0.1) is 3.57 Å². The van der Waals surface area contributed by atoms with E-state index in [9.17, 15) is 14.4 Å². The fraction of sp³-hybridized carbons (Fsp3) is 0.231. The van der Waals surface area contributed by atoms with Crippen molar-refractivity contribution in [3.63, 3.8) is 0 Å². The number of hydrogen-bond donors (Lipinski definition) is 0. The van der Waals surface area contributed by atoms with Crippen molar-refractivity contribution in [2.75, 3.05) is 7.11 Å². The summed E-state index contributed by atoms with van der Waals surface area (Å²) in [6.07, 6.45) is 1.05. The number of carbonyl (C=O) groups excluding carboxylic acids is 1. The summed E-state index contributed by atoms with van der Waals surface area (Å²) in [5, 5.41) is 0.351. The molecular weight excluding hydrogens is 375 g/mol. The van der Waals surface area contributed by atoms with Crippen LogP contribution in [0.4, 0.5) is 0 Å². The van der Waals surface area contributed by atoms with E-state index in [-0.39, 0.29) is 13.0 Å². The van der Waals surface area contributed by atoms with Gasteiger partial charge in [0.25, 0.3) is 11.1 Å². The maximum atomic E-state index is 12.4. The molecule has 0 saturated heterocycles. The summed E-state index contributed by atoms with van der Waals surface area (Å²) in [6.45, 7) is -0.0265. The summed E-state index contributed by atoms with van der Waals surface area (Å²) in [4.78, 5) is 39.4.